The lowest BCUT2D eigenvalue weighted by molar-refractivity contribution is 0.990. The summed E-state index contributed by atoms with van der Waals surface area (Å²) in [4.78, 5) is 5.52. The van der Waals surface area contributed by atoms with Crippen molar-refractivity contribution in [3.05, 3.63) is 64.5 Å². The minimum atomic E-state index is 0.756. The lowest BCUT2D eigenvalue weighted by Gasteiger charge is -1.98. The highest BCUT2D eigenvalue weighted by atomic mass is 79.9. The van der Waals surface area contributed by atoms with Crippen molar-refractivity contribution in [3.63, 3.8) is 0 Å². The van der Waals surface area contributed by atoms with Crippen LogP contribution in [0, 0.1) is 0 Å². The molecule has 0 aliphatic rings. The van der Waals surface area contributed by atoms with Crippen LogP contribution in [-0.2, 0) is 0 Å². The molecule has 0 amide bonds. The number of nitrogens with zero attached hydrogens (tertiary/aromatic N) is 3. The van der Waals surface area contributed by atoms with Gasteiger partial charge in [0.05, 0.1) is 5.69 Å². The summed E-state index contributed by atoms with van der Waals surface area (Å²) in [7, 11) is 0. The smallest absolute Gasteiger partial charge is 0.203 e. The molecule has 0 aliphatic carbocycles. The fourth-order valence-corrected chi connectivity index (χ4v) is 3.31. The largest absolute Gasteiger partial charge is 0.213 e. The molecule has 0 N–H and O–H groups in total. The van der Waals surface area contributed by atoms with E-state index < -0.39 is 0 Å². The molecule has 2 heterocycles. The highest BCUT2D eigenvalue weighted by Gasteiger charge is 2.12. The van der Waals surface area contributed by atoms with Crippen molar-refractivity contribution < 1.29 is 0 Å². The SMILES string of the molecule is Brc1ccc(-c2nc3scc(-c4ccccc4)n3n2)cc1. The van der Waals surface area contributed by atoms with E-state index in [9.17, 15) is 0 Å². The Morgan fingerprint density at radius 2 is 1.67 bits per heavy atom. The molecule has 21 heavy (non-hydrogen) atoms. The third-order valence-electron chi connectivity index (χ3n) is 3.25. The van der Waals surface area contributed by atoms with Gasteiger partial charge in [-0.05, 0) is 12.1 Å². The summed E-state index contributed by atoms with van der Waals surface area (Å²) in [5, 5.41) is 6.74. The van der Waals surface area contributed by atoms with Crippen LogP contribution < -0.4 is 0 Å². The van der Waals surface area contributed by atoms with Gasteiger partial charge in [0, 0.05) is 21.0 Å². The van der Waals surface area contributed by atoms with Crippen LogP contribution in [0.2, 0.25) is 0 Å². The van der Waals surface area contributed by atoms with Gasteiger partial charge in [0.2, 0.25) is 4.96 Å². The topological polar surface area (TPSA) is 30.2 Å². The normalized spacial score (nSPS) is 11.1. The molecule has 0 saturated carbocycles. The molecule has 5 heteroatoms. The average Bonchev–Trinajstić information content (AvgIpc) is 3.09. The van der Waals surface area contributed by atoms with Gasteiger partial charge in [-0.3, -0.25) is 0 Å². The van der Waals surface area contributed by atoms with Crippen LogP contribution in [0.1, 0.15) is 0 Å². The fourth-order valence-electron chi connectivity index (χ4n) is 2.21. The van der Waals surface area contributed by atoms with E-state index in [1.54, 1.807) is 11.3 Å². The Kier molecular flexibility index (Phi) is 3.09. The first-order chi connectivity index (χ1) is 10.3. The molecule has 0 aliphatic heterocycles. The number of hydrogen-bond donors (Lipinski definition) is 0. The van der Waals surface area contributed by atoms with E-state index in [1.807, 2.05) is 47.0 Å². The van der Waals surface area contributed by atoms with Gasteiger partial charge < -0.3 is 0 Å². The maximum atomic E-state index is 4.65. The van der Waals surface area contributed by atoms with Gasteiger partial charge in [-0.25, -0.2) is 4.52 Å². The zero-order valence-electron chi connectivity index (χ0n) is 10.9. The monoisotopic (exact) mass is 355 g/mol. The molecule has 2 aromatic carbocycles. The quantitative estimate of drug-likeness (QED) is 0.512. The predicted octanol–water partition coefficient (Wildman–Crippen LogP) is 4.89. The Balaban J connectivity index is 1.84. The standard InChI is InChI=1S/C16H10BrN3S/c17-13-8-6-12(7-9-13)15-18-16-20(19-15)14(10-21-16)11-4-2-1-3-5-11/h1-10H. The summed E-state index contributed by atoms with van der Waals surface area (Å²) in [6.45, 7) is 0. The first kappa shape index (κ1) is 12.7. The number of benzene rings is 2. The van der Waals surface area contributed by atoms with Gasteiger partial charge >= 0.3 is 0 Å². The lowest BCUT2D eigenvalue weighted by Crippen LogP contribution is -1.88. The summed E-state index contributed by atoms with van der Waals surface area (Å²) in [5.41, 5.74) is 3.25. The predicted molar refractivity (Wildman–Crippen MR) is 89.4 cm³/mol. The van der Waals surface area contributed by atoms with Gasteiger partial charge in [0.1, 0.15) is 0 Å². The first-order valence-electron chi connectivity index (χ1n) is 6.47. The van der Waals surface area contributed by atoms with Crippen molar-refractivity contribution in [2.75, 3.05) is 0 Å². The van der Waals surface area contributed by atoms with E-state index in [2.05, 4.69) is 43.5 Å². The van der Waals surface area contributed by atoms with Crippen molar-refractivity contribution in [1.82, 2.24) is 14.6 Å². The molecule has 2 aromatic heterocycles. The number of halogens is 1. The first-order valence-corrected chi connectivity index (χ1v) is 8.14. The van der Waals surface area contributed by atoms with Crippen LogP contribution in [0.5, 0.6) is 0 Å². The second-order valence-electron chi connectivity index (χ2n) is 4.62. The third-order valence-corrected chi connectivity index (χ3v) is 4.60. The molecular weight excluding hydrogens is 346 g/mol. The minimum absolute atomic E-state index is 0.756. The molecule has 0 radical (unpaired) electrons. The van der Waals surface area contributed by atoms with Crippen molar-refractivity contribution in [3.8, 4) is 22.6 Å². The molecule has 4 rings (SSSR count). The molecule has 0 bridgehead atoms. The number of thiazole rings is 1. The molecule has 0 spiro atoms. The Labute approximate surface area is 134 Å². The second-order valence-corrected chi connectivity index (χ2v) is 6.38. The van der Waals surface area contributed by atoms with Gasteiger partial charge in [-0.1, -0.05) is 58.4 Å². The highest BCUT2D eigenvalue weighted by molar-refractivity contribution is 9.10. The minimum Gasteiger partial charge on any atom is -0.203 e. The van der Waals surface area contributed by atoms with Crippen molar-refractivity contribution >= 4 is 32.2 Å². The number of fused-ring (bicyclic) bond motifs is 1. The zero-order valence-corrected chi connectivity index (χ0v) is 13.3. The van der Waals surface area contributed by atoms with Crippen LogP contribution in [0.4, 0.5) is 0 Å². The molecule has 0 fully saturated rings. The molecule has 0 saturated heterocycles. The Morgan fingerprint density at radius 1 is 0.905 bits per heavy atom. The molecular formula is C16H10BrN3S. The fraction of sp³-hybridized carbons (Fsp3) is 0. The van der Waals surface area contributed by atoms with Crippen LogP contribution >= 0.6 is 27.3 Å². The second kappa shape index (κ2) is 5.09. The van der Waals surface area contributed by atoms with Crippen LogP contribution in [-0.4, -0.2) is 14.6 Å². The van der Waals surface area contributed by atoms with E-state index >= 15 is 0 Å². The van der Waals surface area contributed by atoms with Crippen LogP contribution in [0.25, 0.3) is 27.6 Å². The summed E-state index contributed by atoms with van der Waals surface area (Å²) < 4.78 is 2.97. The number of hydrogen-bond acceptors (Lipinski definition) is 3. The van der Waals surface area contributed by atoms with E-state index in [1.165, 1.54) is 0 Å². The molecule has 102 valence electrons. The average molecular weight is 356 g/mol. The zero-order chi connectivity index (χ0) is 14.2. The van der Waals surface area contributed by atoms with Gasteiger partial charge in [0.15, 0.2) is 5.82 Å². The maximum Gasteiger partial charge on any atom is 0.213 e. The summed E-state index contributed by atoms with van der Waals surface area (Å²) >= 11 is 5.05. The van der Waals surface area contributed by atoms with Crippen molar-refractivity contribution in [2.24, 2.45) is 0 Å². The lowest BCUT2D eigenvalue weighted by atomic mass is 10.2. The van der Waals surface area contributed by atoms with Gasteiger partial charge in [-0.2, -0.15) is 4.98 Å². The summed E-state index contributed by atoms with van der Waals surface area (Å²) in [6, 6.07) is 18.3. The number of rotatable bonds is 2. The van der Waals surface area contributed by atoms with E-state index in [-0.39, 0.29) is 0 Å². The summed E-state index contributed by atoms with van der Waals surface area (Å²) in [5.74, 6) is 0.756. The molecule has 4 aromatic rings. The van der Waals surface area contributed by atoms with Crippen molar-refractivity contribution in [2.45, 2.75) is 0 Å². The Morgan fingerprint density at radius 3 is 2.43 bits per heavy atom. The van der Waals surface area contributed by atoms with Crippen LogP contribution in [0.15, 0.2) is 64.5 Å². The molecule has 0 unspecified atom stereocenters. The van der Waals surface area contributed by atoms with E-state index in [0.717, 1.165) is 32.1 Å². The van der Waals surface area contributed by atoms with Gasteiger partial charge in [0.25, 0.3) is 0 Å². The Bertz CT molecular complexity index is 894. The van der Waals surface area contributed by atoms with E-state index in [4.69, 9.17) is 0 Å². The van der Waals surface area contributed by atoms with E-state index in [0.29, 0.717) is 0 Å². The molecule has 0 atom stereocenters. The van der Waals surface area contributed by atoms with Crippen LogP contribution in [0.3, 0.4) is 0 Å². The third kappa shape index (κ3) is 2.28. The van der Waals surface area contributed by atoms with Crippen molar-refractivity contribution in [1.29, 1.82) is 0 Å². The molecule has 3 nitrogen and oxygen atoms in total. The Hall–Kier alpha value is -1.98. The number of aromatic nitrogens is 3. The highest BCUT2D eigenvalue weighted by Crippen LogP contribution is 2.27. The maximum absolute atomic E-state index is 4.65. The van der Waals surface area contributed by atoms with Gasteiger partial charge in [-0.15, -0.1) is 16.4 Å². The summed E-state index contributed by atoms with van der Waals surface area (Å²) in [6.07, 6.45) is 0.